The maximum absolute atomic E-state index is 15.3. The van der Waals surface area contributed by atoms with Gasteiger partial charge in [-0.1, -0.05) is 34.2 Å². The molecule has 0 spiro atoms. The summed E-state index contributed by atoms with van der Waals surface area (Å²) in [5, 5.41) is 1.44. The SMILES string of the molecule is Cn1c(-c2cc3ccnc(Cl)c3n2CC2CC2)nc2cc(C(=O)N3CCC[C@H]3I)cc(F)c21. The van der Waals surface area contributed by atoms with E-state index in [4.69, 9.17) is 16.6 Å². The highest BCUT2D eigenvalue weighted by Crippen LogP contribution is 2.38. The number of amides is 1. The number of hydrogen-bond donors (Lipinski definition) is 0. The number of halogens is 3. The maximum atomic E-state index is 15.3. The fourth-order valence-electron chi connectivity index (χ4n) is 4.88. The van der Waals surface area contributed by atoms with Crippen LogP contribution in [-0.2, 0) is 13.6 Å². The Bertz CT molecular complexity index is 1430. The van der Waals surface area contributed by atoms with Gasteiger partial charge in [-0.3, -0.25) is 4.79 Å². The molecular weight excluding hydrogens is 556 g/mol. The second-order valence-corrected chi connectivity index (χ2v) is 10.8. The summed E-state index contributed by atoms with van der Waals surface area (Å²) < 4.78 is 19.4. The van der Waals surface area contributed by atoms with Crippen LogP contribution in [0.25, 0.3) is 33.5 Å². The van der Waals surface area contributed by atoms with Crippen LogP contribution < -0.4 is 0 Å². The van der Waals surface area contributed by atoms with E-state index in [9.17, 15) is 4.79 Å². The van der Waals surface area contributed by atoms with Crippen molar-refractivity contribution in [1.82, 2.24) is 24.0 Å². The molecule has 1 amide bonds. The van der Waals surface area contributed by atoms with Gasteiger partial charge in [0.05, 0.1) is 20.8 Å². The third kappa shape index (κ3) is 3.53. The summed E-state index contributed by atoms with van der Waals surface area (Å²) in [4.78, 5) is 23.9. The molecule has 170 valence electrons. The zero-order chi connectivity index (χ0) is 22.9. The van der Waals surface area contributed by atoms with Gasteiger partial charge in [-0.25, -0.2) is 14.4 Å². The lowest BCUT2D eigenvalue weighted by atomic mass is 10.1. The highest BCUT2D eigenvalue weighted by molar-refractivity contribution is 14.1. The Hall–Kier alpha value is -2.20. The quantitative estimate of drug-likeness (QED) is 0.134. The summed E-state index contributed by atoms with van der Waals surface area (Å²) in [6.45, 7) is 1.53. The number of aromatic nitrogens is 4. The van der Waals surface area contributed by atoms with Crippen molar-refractivity contribution in [2.45, 2.75) is 36.3 Å². The van der Waals surface area contributed by atoms with Gasteiger partial charge in [-0.05, 0) is 55.9 Å². The maximum Gasteiger partial charge on any atom is 0.254 e. The topological polar surface area (TPSA) is 56.0 Å². The monoisotopic (exact) mass is 577 g/mol. The molecule has 1 atom stereocenters. The lowest BCUT2D eigenvalue weighted by Gasteiger charge is -2.20. The van der Waals surface area contributed by atoms with Gasteiger partial charge in [-0.2, -0.15) is 0 Å². The Labute approximate surface area is 208 Å². The van der Waals surface area contributed by atoms with Gasteiger partial charge in [-0.15, -0.1) is 0 Å². The number of benzene rings is 1. The first-order valence-electron chi connectivity index (χ1n) is 11.2. The molecule has 1 saturated carbocycles. The molecule has 1 aliphatic heterocycles. The van der Waals surface area contributed by atoms with E-state index in [0.29, 0.717) is 40.0 Å². The smallest absolute Gasteiger partial charge is 0.254 e. The Kier molecular flexibility index (Phi) is 5.13. The lowest BCUT2D eigenvalue weighted by Crippen LogP contribution is -2.32. The third-order valence-electron chi connectivity index (χ3n) is 6.74. The molecule has 0 radical (unpaired) electrons. The second-order valence-electron chi connectivity index (χ2n) is 9.02. The van der Waals surface area contributed by atoms with Crippen LogP contribution in [-0.4, -0.2) is 40.5 Å². The number of alkyl halides is 1. The number of carbonyl (C=O) groups is 1. The number of pyridine rings is 1. The first kappa shape index (κ1) is 21.3. The Balaban J connectivity index is 1.50. The number of aryl methyl sites for hydroxylation is 1. The van der Waals surface area contributed by atoms with E-state index in [1.54, 1.807) is 16.8 Å². The first-order valence-corrected chi connectivity index (χ1v) is 12.8. The van der Waals surface area contributed by atoms with E-state index >= 15 is 4.39 Å². The predicted octanol–water partition coefficient (Wildman–Crippen LogP) is 5.79. The van der Waals surface area contributed by atoms with Crippen LogP contribution in [0.15, 0.2) is 30.5 Å². The molecule has 4 heterocycles. The molecular formula is C24H22ClFIN5O. The van der Waals surface area contributed by atoms with E-state index in [2.05, 4.69) is 32.1 Å². The molecule has 0 N–H and O–H groups in total. The molecule has 33 heavy (non-hydrogen) atoms. The van der Waals surface area contributed by atoms with Crippen molar-refractivity contribution in [3.8, 4) is 11.5 Å². The molecule has 6 nitrogen and oxygen atoms in total. The molecule has 1 aromatic carbocycles. The van der Waals surface area contributed by atoms with Gasteiger partial charge in [0, 0.05) is 37.3 Å². The fourth-order valence-corrected chi connectivity index (χ4v) is 6.11. The van der Waals surface area contributed by atoms with E-state index < -0.39 is 5.82 Å². The fraction of sp³-hybridized carbons (Fsp3) is 0.375. The lowest BCUT2D eigenvalue weighted by molar-refractivity contribution is 0.0785. The average molecular weight is 578 g/mol. The van der Waals surface area contributed by atoms with Crippen molar-refractivity contribution in [2.24, 2.45) is 13.0 Å². The van der Waals surface area contributed by atoms with E-state index in [-0.39, 0.29) is 9.96 Å². The molecule has 2 fully saturated rings. The van der Waals surface area contributed by atoms with Gasteiger partial charge in [0.1, 0.15) is 11.3 Å². The summed E-state index contributed by atoms with van der Waals surface area (Å²) in [5.41, 5.74) is 2.98. The number of likely N-dealkylation sites (tertiary alicyclic amines) is 1. The summed E-state index contributed by atoms with van der Waals surface area (Å²) in [5.74, 6) is 0.675. The Morgan fingerprint density at radius 3 is 2.79 bits per heavy atom. The van der Waals surface area contributed by atoms with Crippen molar-refractivity contribution in [2.75, 3.05) is 6.54 Å². The summed E-state index contributed by atoms with van der Waals surface area (Å²) >= 11 is 8.76. The van der Waals surface area contributed by atoms with Crippen LogP contribution in [0, 0.1) is 11.7 Å². The predicted molar refractivity (Wildman–Crippen MR) is 135 cm³/mol. The number of imidazole rings is 1. The summed E-state index contributed by atoms with van der Waals surface area (Å²) in [7, 11) is 1.82. The molecule has 9 heteroatoms. The zero-order valence-electron chi connectivity index (χ0n) is 18.1. The zero-order valence-corrected chi connectivity index (χ0v) is 21.0. The summed E-state index contributed by atoms with van der Waals surface area (Å²) in [6.07, 6.45) is 6.01. The molecule has 0 bridgehead atoms. The van der Waals surface area contributed by atoms with E-state index in [1.807, 2.05) is 24.1 Å². The van der Waals surface area contributed by atoms with Crippen molar-refractivity contribution in [3.05, 3.63) is 47.0 Å². The number of rotatable bonds is 4. The molecule has 1 saturated heterocycles. The second kappa shape index (κ2) is 7.94. The van der Waals surface area contributed by atoms with Crippen LogP contribution in [0.5, 0.6) is 0 Å². The minimum atomic E-state index is -0.439. The third-order valence-corrected chi connectivity index (χ3v) is 8.31. The first-order chi connectivity index (χ1) is 15.9. The van der Waals surface area contributed by atoms with Crippen molar-refractivity contribution in [3.63, 3.8) is 0 Å². The number of hydrogen-bond acceptors (Lipinski definition) is 3. The van der Waals surface area contributed by atoms with Crippen molar-refractivity contribution >= 4 is 62.0 Å². The molecule has 0 unspecified atom stereocenters. The Morgan fingerprint density at radius 1 is 1.24 bits per heavy atom. The largest absolute Gasteiger partial charge is 0.335 e. The molecule has 3 aromatic heterocycles. The highest BCUT2D eigenvalue weighted by Gasteiger charge is 2.30. The Morgan fingerprint density at radius 2 is 2.06 bits per heavy atom. The highest BCUT2D eigenvalue weighted by atomic mass is 127. The van der Waals surface area contributed by atoms with Crippen LogP contribution >= 0.6 is 34.2 Å². The normalized spacial score (nSPS) is 18.7. The van der Waals surface area contributed by atoms with Crippen LogP contribution in [0.4, 0.5) is 4.39 Å². The number of carbonyl (C=O) groups excluding carboxylic acids is 1. The van der Waals surface area contributed by atoms with Gasteiger partial charge >= 0.3 is 0 Å². The molecule has 4 aromatic rings. The minimum Gasteiger partial charge on any atom is -0.335 e. The summed E-state index contributed by atoms with van der Waals surface area (Å²) in [6, 6.07) is 7.04. The van der Waals surface area contributed by atoms with Crippen molar-refractivity contribution in [1.29, 1.82) is 0 Å². The van der Waals surface area contributed by atoms with E-state index in [1.165, 1.54) is 18.9 Å². The average Bonchev–Trinajstić information content (AvgIpc) is 3.22. The van der Waals surface area contributed by atoms with Crippen LogP contribution in [0.3, 0.4) is 0 Å². The minimum absolute atomic E-state index is 0.138. The van der Waals surface area contributed by atoms with Crippen LogP contribution in [0.1, 0.15) is 36.0 Å². The molecule has 2 aliphatic rings. The molecule has 6 rings (SSSR count). The standard InChI is InChI=1S/C24H22ClFIN5O/c1-30-21-16(26)9-15(24(33)31-8-2-3-19(31)27)10-17(21)29-23(30)18-11-14-6-7-28-22(25)20(14)32(18)12-13-4-5-13/h6-7,9-11,13,19H,2-5,8,12H2,1H3/t19-/m0/s1. The van der Waals surface area contributed by atoms with Crippen LogP contribution in [0.2, 0.25) is 5.15 Å². The van der Waals surface area contributed by atoms with E-state index in [0.717, 1.165) is 36.0 Å². The van der Waals surface area contributed by atoms with Crippen molar-refractivity contribution < 1.29 is 9.18 Å². The number of fused-ring (bicyclic) bond motifs is 2. The molecule has 1 aliphatic carbocycles. The number of nitrogens with zero attached hydrogens (tertiary/aromatic N) is 5. The van der Waals surface area contributed by atoms with Gasteiger partial charge in [0.15, 0.2) is 11.0 Å². The van der Waals surface area contributed by atoms with Gasteiger partial charge < -0.3 is 14.0 Å². The van der Waals surface area contributed by atoms with Gasteiger partial charge in [0.25, 0.3) is 5.91 Å². The van der Waals surface area contributed by atoms with Gasteiger partial charge in [0.2, 0.25) is 0 Å².